The van der Waals surface area contributed by atoms with Gasteiger partial charge in [-0.15, -0.1) is 0 Å². The van der Waals surface area contributed by atoms with Crippen molar-refractivity contribution >= 4 is 22.6 Å². The molecule has 0 fully saturated rings. The SMILES string of the molecule is O=c1cc(-c2ccc(C(F)(F)F)cc2OCCO)oc2c(Cl)cccc12. The number of hydrogen-bond acceptors (Lipinski definition) is 4. The second-order valence-corrected chi connectivity index (χ2v) is 5.78. The number of fused-ring (bicyclic) bond motifs is 1. The van der Waals surface area contributed by atoms with E-state index in [9.17, 15) is 18.0 Å². The van der Waals surface area contributed by atoms with Gasteiger partial charge in [-0.1, -0.05) is 17.7 Å². The van der Waals surface area contributed by atoms with E-state index in [1.807, 2.05) is 0 Å². The summed E-state index contributed by atoms with van der Waals surface area (Å²) in [5.74, 6) is -0.152. The van der Waals surface area contributed by atoms with Crippen molar-refractivity contribution < 1.29 is 27.4 Å². The molecule has 3 rings (SSSR count). The van der Waals surface area contributed by atoms with Crippen molar-refractivity contribution in [2.24, 2.45) is 0 Å². The number of halogens is 4. The van der Waals surface area contributed by atoms with Crippen LogP contribution in [0.15, 0.2) is 51.7 Å². The Morgan fingerprint density at radius 1 is 1.15 bits per heavy atom. The van der Waals surface area contributed by atoms with E-state index < -0.39 is 17.2 Å². The summed E-state index contributed by atoms with van der Waals surface area (Å²) in [6.07, 6.45) is -4.57. The zero-order valence-electron chi connectivity index (χ0n) is 13.1. The van der Waals surface area contributed by atoms with Crippen LogP contribution in [0.5, 0.6) is 5.75 Å². The Kier molecular flexibility index (Phi) is 4.93. The summed E-state index contributed by atoms with van der Waals surface area (Å²) in [5.41, 5.74) is -1.04. The van der Waals surface area contributed by atoms with Gasteiger partial charge in [0.1, 0.15) is 18.1 Å². The molecule has 8 heteroatoms. The van der Waals surface area contributed by atoms with Crippen LogP contribution in [0.4, 0.5) is 13.2 Å². The molecule has 0 radical (unpaired) electrons. The first-order valence-electron chi connectivity index (χ1n) is 7.49. The molecule has 0 spiro atoms. The first kappa shape index (κ1) is 18.3. The number of para-hydroxylation sites is 1. The van der Waals surface area contributed by atoms with Crippen molar-refractivity contribution in [3.05, 3.63) is 63.3 Å². The highest BCUT2D eigenvalue weighted by Gasteiger charge is 2.31. The molecule has 0 atom stereocenters. The van der Waals surface area contributed by atoms with Gasteiger partial charge in [-0.2, -0.15) is 13.2 Å². The third kappa shape index (κ3) is 3.54. The number of aliphatic hydroxyl groups is 1. The normalized spacial score (nSPS) is 11.7. The molecule has 1 aromatic heterocycles. The minimum absolute atomic E-state index is 0.0114. The quantitative estimate of drug-likeness (QED) is 0.719. The molecular formula is C18H12ClF3O4. The first-order valence-corrected chi connectivity index (χ1v) is 7.86. The smallest absolute Gasteiger partial charge is 0.416 e. The first-order chi connectivity index (χ1) is 12.3. The Bertz CT molecular complexity index is 1010. The predicted molar refractivity (Wildman–Crippen MR) is 90.5 cm³/mol. The standard InChI is InChI=1S/C18H12ClF3O4/c19-13-3-1-2-11-14(24)9-16(26-17(11)13)12-5-4-10(18(20,21)22)8-15(12)25-7-6-23/h1-5,8-9,23H,6-7H2. The van der Waals surface area contributed by atoms with Gasteiger partial charge in [0.25, 0.3) is 0 Å². The molecule has 136 valence electrons. The van der Waals surface area contributed by atoms with Crippen molar-refractivity contribution in [1.82, 2.24) is 0 Å². The zero-order valence-corrected chi connectivity index (χ0v) is 13.9. The monoisotopic (exact) mass is 384 g/mol. The molecule has 1 heterocycles. The molecule has 0 saturated heterocycles. The van der Waals surface area contributed by atoms with Crippen molar-refractivity contribution in [2.75, 3.05) is 13.2 Å². The van der Waals surface area contributed by atoms with Gasteiger partial charge in [0.05, 0.1) is 28.1 Å². The molecule has 0 amide bonds. The highest BCUT2D eigenvalue weighted by Crippen LogP contribution is 2.38. The topological polar surface area (TPSA) is 59.7 Å². The Balaban J connectivity index is 2.21. The second kappa shape index (κ2) is 7.01. The molecule has 0 aliphatic carbocycles. The van der Waals surface area contributed by atoms with Gasteiger partial charge in [-0.25, -0.2) is 0 Å². The fraction of sp³-hybridized carbons (Fsp3) is 0.167. The van der Waals surface area contributed by atoms with Crippen LogP contribution in [0.3, 0.4) is 0 Å². The minimum Gasteiger partial charge on any atom is -0.490 e. The third-order valence-corrected chi connectivity index (χ3v) is 3.93. The fourth-order valence-corrected chi connectivity index (χ4v) is 2.67. The van der Waals surface area contributed by atoms with Gasteiger partial charge in [0.2, 0.25) is 0 Å². The highest BCUT2D eigenvalue weighted by atomic mass is 35.5. The molecule has 3 aromatic rings. The summed E-state index contributed by atoms with van der Waals surface area (Å²) in [7, 11) is 0. The van der Waals surface area contributed by atoms with Crippen molar-refractivity contribution in [3.8, 4) is 17.1 Å². The molecule has 1 N–H and O–H groups in total. The van der Waals surface area contributed by atoms with E-state index in [1.165, 1.54) is 12.1 Å². The van der Waals surface area contributed by atoms with E-state index in [2.05, 4.69) is 0 Å². The fourth-order valence-electron chi connectivity index (χ4n) is 2.45. The van der Waals surface area contributed by atoms with Crippen LogP contribution in [0.1, 0.15) is 5.56 Å². The zero-order chi connectivity index (χ0) is 18.9. The largest absolute Gasteiger partial charge is 0.490 e. The molecule has 0 aliphatic heterocycles. The van der Waals surface area contributed by atoms with Crippen molar-refractivity contribution in [2.45, 2.75) is 6.18 Å². The average molecular weight is 385 g/mol. The summed E-state index contributed by atoms with van der Waals surface area (Å²) < 4.78 is 49.7. The van der Waals surface area contributed by atoms with Crippen molar-refractivity contribution in [3.63, 3.8) is 0 Å². The number of benzene rings is 2. The Hall–Kier alpha value is -2.51. The Labute approximate surface area is 150 Å². The molecule has 26 heavy (non-hydrogen) atoms. The number of hydrogen-bond donors (Lipinski definition) is 1. The van der Waals surface area contributed by atoms with Gasteiger partial charge in [-0.3, -0.25) is 4.79 Å². The van der Waals surface area contributed by atoms with Gasteiger partial charge >= 0.3 is 6.18 Å². The molecule has 0 unspecified atom stereocenters. The maximum absolute atomic E-state index is 13.0. The number of aliphatic hydroxyl groups excluding tert-OH is 1. The molecule has 4 nitrogen and oxygen atoms in total. The van der Waals surface area contributed by atoms with E-state index in [0.717, 1.165) is 24.3 Å². The summed E-state index contributed by atoms with van der Waals surface area (Å²) in [4.78, 5) is 12.3. The average Bonchev–Trinajstić information content (AvgIpc) is 2.59. The van der Waals surface area contributed by atoms with Crippen LogP contribution >= 0.6 is 11.6 Å². The van der Waals surface area contributed by atoms with Crippen LogP contribution in [-0.2, 0) is 6.18 Å². The predicted octanol–water partition coefficient (Wildman–Crippen LogP) is 4.50. The third-order valence-electron chi connectivity index (χ3n) is 3.63. The van der Waals surface area contributed by atoms with E-state index in [-0.39, 0.29) is 46.3 Å². The number of rotatable bonds is 4. The van der Waals surface area contributed by atoms with E-state index in [4.69, 9.17) is 25.9 Å². The molecule has 0 aliphatic rings. The van der Waals surface area contributed by atoms with E-state index in [1.54, 1.807) is 6.07 Å². The van der Waals surface area contributed by atoms with Crippen LogP contribution in [-0.4, -0.2) is 18.3 Å². The van der Waals surface area contributed by atoms with E-state index in [0.29, 0.717) is 0 Å². The van der Waals surface area contributed by atoms with Gasteiger partial charge < -0.3 is 14.3 Å². The van der Waals surface area contributed by atoms with Gasteiger partial charge in [0, 0.05) is 6.07 Å². The lowest BCUT2D eigenvalue weighted by atomic mass is 10.1. The van der Waals surface area contributed by atoms with Crippen molar-refractivity contribution in [1.29, 1.82) is 0 Å². The maximum Gasteiger partial charge on any atom is 0.416 e. The van der Waals surface area contributed by atoms with Crippen LogP contribution in [0.25, 0.3) is 22.3 Å². The summed E-state index contributed by atoms with van der Waals surface area (Å²) in [6.45, 7) is -0.601. The Morgan fingerprint density at radius 3 is 2.62 bits per heavy atom. The van der Waals surface area contributed by atoms with Crippen LogP contribution in [0.2, 0.25) is 5.02 Å². The summed E-state index contributed by atoms with van der Waals surface area (Å²) in [5, 5.41) is 9.36. The Morgan fingerprint density at radius 2 is 1.92 bits per heavy atom. The van der Waals surface area contributed by atoms with Crippen LogP contribution < -0.4 is 10.2 Å². The molecular weight excluding hydrogens is 373 g/mol. The lowest BCUT2D eigenvalue weighted by molar-refractivity contribution is -0.137. The minimum atomic E-state index is -4.57. The van der Waals surface area contributed by atoms with Gasteiger partial charge in [-0.05, 0) is 30.3 Å². The number of alkyl halides is 3. The molecule has 2 aromatic carbocycles. The molecule has 0 saturated carbocycles. The lowest BCUT2D eigenvalue weighted by Crippen LogP contribution is -2.08. The van der Waals surface area contributed by atoms with E-state index >= 15 is 0 Å². The number of ether oxygens (including phenoxy) is 1. The van der Waals surface area contributed by atoms with Crippen LogP contribution in [0, 0.1) is 0 Å². The van der Waals surface area contributed by atoms with Gasteiger partial charge in [0.15, 0.2) is 11.0 Å². The molecule has 0 bridgehead atoms. The summed E-state index contributed by atoms with van der Waals surface area (Å²) in [6, 6.07) is 8.62. The summed E-state index contributed by atoms with van der Waals surface area (Å²) >= 11 is 6.05. The highest BCUT2D eigenvalue weighted by molar-refractivity contribution is 6.34. The lowest BCUT2D eigenvalue weighted by Gasteiger charge is -2.14. The maximum atomic E-state index is 13.0. The second-order valence-electron chi connectivity index (χ2n) is 5.37.